The molecule has 2 saturated carbocycles. The van der Waals surface area contributed by atoms with Crippen LogP contribution in [0.25, 0.3) is 0 Å². The molecule has 0 atom stereocenters. The van der Waals surface area contributed by atoms with Gasteiger partial charge in [-0.15, -0.1) is 0 Å². The molecule has 4 heteroatoms. The molecule has 2 fully saturated rings. The number of aliphatic hydroxyl groups excluding tert-OH is 1. The van der Waals surface area contributed by atoms with Crippen molar-refractivity contribution in [2.75, 3.05) is 13.2 Å². The number of nitrogens with zero attached hydrogens (tertiary/aromatic N) is 1. The van der Waals surface area contributed by atoms with Crippen molar-refractivity contribution in [3.63, 3.8) is 0 Å². The zero-order chi connectivity index (χ0) is 11.4. The number of rotatable bonds is 4. The lowest BCUT2D eigenvalue weighted by Crippen LogP contribution is -2.51. The van der Waals surface area contributed by atoms with E-state index in [1.54, 1.807) is 0 Å². The standard InChI is InChI=1S/C12H22N2O2/c15-9-8-14(11-6-1-2-7-11)12(16)13-10-4-3-5-10/h10-11,15H,1-9H2,(H,13,16). The molecule has 0 spiro atoms. The van der Waals surface area contributed by atoms with Crippen molar-refractivity contribution in [2.24, 2.45) is 0 Å². The Hall–Kier alpha value is -0.770. The number of aliphatic hydroxyl groups is 1. The topological polar surface area (TPSA) is 52.6 Å². The number of amides is 2. The van der Waals surface area contributed by atoms with Crippen molar-refractivity contribution in [2.45, 2.75) is 57.0 Å². The maximum atomic E-state index is 12.0. The highest BCUT2D eigenvalue weighted by molar-refractivity contribution is 5.75. The van der Waals surface area contributed by atoms with Crippen LogP contribution in [0.15, 0.2) is 0 Å². The maximum Gasteiger partial charge on any atom is 0.317 e. The molecule has 0 aliphatic heterocycles. The molecular formula is C12H22N2O2. The van der Waals surface area contributed by atoms with Gasteiger partial charge in [-0.1, -0.05) is 12.8 Å². The van der Waals surface area contributed by atoms with Crippen LogP contribution in [0.4, 0.5) is 4.79 Å². The summed E-state index contributed by atoms with van der Waals surface area (Å²) in [7, 11) is 0. The van der Waals surface area contributed by atoms with Crippen LogP contribution in [0.5, 0.6) is 0 Å². The molecule has 2 N–H and O–H groups in total. The Morgan fingerprint density at radius 1 is 1.19 bits per heavy atom. The zero-order valence-corrected chi connectivity index (χ0v) is 9.82. The summed E-state index contributed by atoms with van der Waals surface area (Å²) in [6.45, 7) is 0.539. The Morgan fingerprint density at radius 2 is 1.88 bits per heavy atom. The minimum absolute atomic E-state index is 0.0330. The van der Waals surface area contributed by atoms with Gasteiger partial charge in [0.1, 0.15) is 0 Å². The van der Waals surface area contributed by atoms with Crippen molar-refractivity contribution in [1.29, 1.82) is 0 Å². The molecule has 2 aliphatic rings. The molecule has 92 valence electrons. The van der Waals surface area contributed by atoms with E-state index in [0.29, 0.717) is 18.6 Å². The van der Waals surface area contributed by atoms with Crippen molar-refractivity contribution in [3.8, 4) is 0 Å². The van der Waals surface area contributed by atoms with Crippen LogP contribution in [0.2, 0.25) is 0 Å². The van der Waals surface area contributed by atoms with Crippen molar-refractivity contribution < 1.29 is 9.90 Å². The van der Waals surface area contributed by atoms with Gasteiger partial charge in [0.15, 0.2) is 0 Å². The van der Waals surface area contributed by atoms with Crippen LogP contribution in [0, 0.1) is 0 Å². The first-order chi connectivity index (χ1) is 7.81. The molecule has 0 saturated heterocycles. The third kappa shape index (κ3) is 2.67. The normalized spacial score (nSPS) is 21.8. The fourth-order valence-electron chi connectivity index (χ4n) is 2.58. The van der Waals surface area contributed by atoms with Gasteiger partial charge in [-0.05, 0) is 32.1 Å². The first-order valence-corrected chi connectivity index (χ1v) is 6.49. The summed E-state index contributed by atoms with van der Waals surface area (Å²) in [4.78, 5) is 13.9. The Morgan fingerprint density at radius 3 is 2.38 bits per heavy atom. The van der Waals surface area contributed by atoms with Crippen molar-refractivity contribution in [1.82, 2.24) is 10.2 Å². The Kier molecular flexibility index (Phi) is 4.04. The molecule has 0 radical (unpaired) electrons. The van der Waals surface area contributed by atoms with Crippen molar-refractivity contribution >= 4 is 6.03 Å². The highest BCUT2D eigenvalue weighted by atomic mass is 16.3. The van der Waals surface area contributed by atoms with Crippen LogP contribution < -0.4 is 5.32 Å². The van der Waals surface area contributed by atoms with E-state index in [1.165, 1.54) is 19.3 Å². The number of carbonyl (C=O) groups excluding carboxylic acids is 1. The molecule has 0 aromatic heterocycles. The van der Waals surface area contributed by atoms with Gasteiger partial charge in [0, 0.05) is 18.6 Å². The van der Waals surface area contributed by atoms with Gasteiger partial charge in [-0.2, -0.15) is 0 Å². The third-order valence-corrected chi connectivity index (χ3v) is 3.80. The number of carbonyl (C=O) groups is 1. The summed E-state index contributed by atoms with van der Waals surface area (Å²) >= 11 is 0. The summed E-state index contributed by atoms with van der Waals surface area (Å²) < 4.78 is 0. The maximum absolute atomic E-state index is 12.0. The summed E-state index contributed by atoms with van der Waals surface area (Å²) in [5.41, 5.74) is 0. The van der Waals surface area contributed by atoms with Crippen LogP contribution in [-0.4, -0.2) is 41.3 Å². The zero-order valence-electron chi connectivity index (χ0n) is 9.82. The van der Waals surface area contributed by atoms with E-state index >= 15 is 0 Å². The summed E-state index contributed by atoms with van der Waals surface area (Å²) in [6.07, 6.45) is 8.07. The van der Waals surface area contributed by atoms with Crippen LogP contribution >= 0.6 is 0 Å². The van der Waals surface area contributed by atoms with E-state index < -0.39 is 0 Å². The van der Waals surface area contributed by atoms with Crippen LogP contribution in [0.3, 0.4) is 0 Å². The highest BCUT2D eigenvalue weighted by Crippen LogP contribution is 2.24. The monoisotopic (exact) mass is 226 g/mol. The molecule has 2 aliphatic carbocycles. The van der Waals surface area contributed by atoms with Gasteiger partial charge < -0.3 is 15.3 Å². The van der Waals surface area contributed by atoms with E-state index in [0.717, 1.165) is 25.7 Å². The van der Waals surface area contributed by atoms with E-state index in [-0.39, 0.29) is 12.6 Å². The van der Waals surface area contributed by atoms with Crippen molar-refractivity contribution in [3.05, 3.63) is 0 Å². The van der Waals surface area contributed by atoms with Gasteiger partial charge in [-0.25, -0.2) is 4.79 Å². The summed E-state index contributed by atoms with van der Waals surface area (Å²) in [5, 5.41) is 12.1. The van der Waals surface area contributed by atoms with Gasteiger partial charge >= 0.3 is 6.03 Å². The molecular weight excluding hydrogens is 204 g/mol. The summed E-state index contributed by atoms with van der Waals surface area (Å²) in [6, 6.07) is 0.771. The van der Waals surface area contributed by atoms with E-state index in [2.05, 4.69) is 5.32 Å². The molecule has 16 heavy (non-hydrogen) atoms. The lowest BCUT2D eigenvalue weighted by Gasteiger charge is -2.33. The van der Waals surface area contributed by atoms with Gasteiger partial charge in [0.25, 0.3) is 0 Å². The molecule has 2 amide bonds. The molecule has 0 aromatic carbocycles. The van der Waals surface area contributed by atoms with Crippen LogP contribution in [-0.2, 0) is 0 Å². The van der Waals surface area contributed by atoms with Gasteiger partial charge in [0.2, 0.25) is 0 Å². The molecule has 0 heterocycles. The average molecular weight is 226 g/mol. The average Bonchev–Trinajstić information content (AvgIpc) is 2.72. The first-order valence-electron chi connectivity index (χ1n) is 6.49. The summed E-state index contributed by atoms with van der Waals surface area (Å²) in [5.74, 6) is 0. The van der Waals surface area contributed by atoms with E-state index in [4.69, 9.17) is 5.11 Å². The highest BCUT2D eigenvalue weighted by Gasteiger charge is 2.28. The largest absolute Gasteiger partial charge is 0.395 e. The quantitative estimate of drug-likeness (QED) is 0.763. The predicted octanol–water partition coefficient (Wildman–Crippen LogP) is 1.49. The SMILES string of the molecule is O=C(NC1CCC1)N(CCO)C1CCCC1. The molecule has 4 nitrogen and oxygen atoms in total. The second-order valence-corrected chi connectivity index (χ2v) is 4.93. The number of hydrogen-bond acceptors (Lipinski definition) is 2. The Balaban J connectivity index is 1.85. The van der Waals surface area contributed by atoms with Gasteiger partial charge in [-0.3, -0.25) is 0 Å². The first kappa shape index (κ1) is 11.7. The lowest BCUT2D eigenvalue weighted by atomic mass is 9.93. The molecule has 0 unspecified atom stereocenters. The number of hydrogen-bond donors (Lipinski definition) is 2. The fraction of sp³-hybridized carbons (Fsp3) is 0.917. The van der Waals surface area contributed by atoms with Gasteiger partial charge in [0.05, 0.1) is 6.61 Å². The third-order valence-electron chi connectivity index (χ3n) is 3.80. The second-order valence-electron chi connectivity index (χ2n) is 4.93. The molecule has 2 rings (SSSR count). The number of urea groups is 1. The second kappa shape index (κ2) is 5.53. The Bertz CT molecular complexity index is 235. The predicted molar refractivity (Wildman–Crippen MR) is 62.2 cm³/mol. The van der Waals surface area contributed by atoms with Crippen LogP contribution in [0.1, 0.15) is 44.9 Å². The minimum atomic E-state index is 0.0330. The fourth-order valence-corrected chi connectivity index (χ4v) is 2.58. The Labute approximate surface area is 97.0 Å². The molecule has 0 bridgehead atoms. The lowest BCUT2D eigenvalue weighted by molar-refractivity contribution is 0.145. The smallest absolute Gasteiger partial charge is 0.317 e. The molecule has 0 aromatic rings. The number of nitrogens with one attached hydrogen (secondary N) is 1. The van der Waals surface area contributed by atoms with E-state index in [1.807, 2.05) is 4.90 Å². The van der Waals surface area contributed by atoms with E-state index in [9.17, 15) is 4.79 Å². The minimum Gasteiger partial charge on any atom is -0.395 e.